The van der Waals surface area contributed by atoms with Crippen LogP contribution in [0.15, 0.2) is 54.7 Å². The Labute approximate surface area is 141 Å². The van der Waals surface area contributed by atoms with Crippen molar-refractivity contribution in [1.29, 1.82) is 0 Å². The lowest BCUT2D eigenvalue weighted by Crippen LogP contribution is -2.35. The van der Waals surface area contributed by atoms with Gasteiger partial charge in [0.15, 0.2) is 0 Å². The quantitative estimate of drug-likeness (QED) is 0.744. The molecule has 2 heterocycles. The van der Waals surface area contributed by atoms with Crippen LogP contribution in [0.25, 0.3) is 5.65 Å². The number of hydrogen-bond donors (Lipinski definition) is 0. The van der Waals surface area contributed by atoms with Gasteiger partial charge in [0.05, 0.1) is 5.69 Å². The molecule has 1 aliphatic carbocycles. The van der Waals surface area contributed by atoms with Crippen molar-refractivity contribution in [3.8, 4) is 0 Å². The first kappa shape index (κ1) is 14.9. The maximum atomic E-state index is 12.9. The van der Waals surface area contributed by atoms with Crippen LogP contribution < -0.4 is 0 Å². The Hall–Kier alpha value is -2.62. The molecule has 1 aromatic carbocycles. The van der Waals surface area contributed by atoms with Crippen molar-refractivity contribution in [2.24, 2.45) is 5.92 Å². The van der Waals surface area contributed by atoms with Gasteiger partial charge in [0.2, 0.25) is 5.91 Å². The fourth-order valence-electron chi connectivity index (χ4n) is 3.62. The summed E-state index contributed by atoms with van der Waals surface area (Å²) < 4.78 is 2.13. The fourth-order valence-corrected chi connectivity index (χ4v) is 3.62. The molecular formula is C20H21N3O. The normalized spacial score (nSPS) is 16.8. The highest BCUT2D eigenvalue weighted by atomic mass is 16.2. The van der Waals surface area contributed by atoms with E-state index in [1.54, 1.807) is 0 Å². The van der Waals surface area contributed by atoms with Gasteiger partial charge in [-0.1, -0.05) is 36.4 Å². The first-order valence-corrected chi connectivity index (χ1v) is 8.46. The van der Waals surface area contributed by atoms with Crippen LogP contribution in [0.3, 0.4) is 0 Å². The van der Waals surface area contributed by atoms with Gasteiger partial charge in [-0.3, -0.25) is 4.79 Å². The number of amides is 1. The summed E-state index contributed by atoms with van der Waals surface area (Å²) in [6.45, 7) is 0.663. The number of aromatic nitrogens is 2. The standard InChI is InChI=1S/C20H21N3O/c1-22(14-15-7-3-2-4-8-15)20(24)16-10-11-17-18(13-16)23-12-6-5-9-19(23)21-17/h2-9,12,16H,10-11,13-14H2,1H3. The first-order chi connectivity index (χ1) is 11.7. The number of hydrogen-bond acceptors (Lipinski definition) is 2. The number of imidazole rings is 1. The number of pyridine rings is 1. The molecule has 0 fully saturated rings. The van der Waals surface area contributed by atoms with Gasteiger partial charge in [0.25, 0.3) is 0 Å². The Bertz CT molecular complexity index is 869. The van der Waals surface area contributed by atoms with Gasteiger partial charge in [0, 0.05) is 37.8 Å². The van der Waals surface area contributed by atoms with Gasteiger partial charge in [-0.2, -0.15) is 0 Å². The molecule has 0 saturated heterocycles. The van der Waals surface area contributed by atoms with E-state index in [0.29, 0.717) is 6.54 Å². The van der Waals surface area contributed by atoms with Gasteiger partial charge in [0.1, 0.15) is 5.65 Å². The van der Waals surface area contributed by atoms with E-state index >= 15 is 0 Å². The van der Waals surface area contributed by atoms with Crippen molar-refractivity contribution in [2.45, 2.75) is 25.8 Å². The van der Waals surface area contributed by atoms with Crippen LogP contribution in [-0.4, -0.2) is 27.2 Å². The van der Waals surface area contributed by atoms with Crippen molar-refractivity contribution in [3.05, 3.63) is 71.7 Å². The third kappa shape index (κ3) is 2.68. The number of fused-ring (bicyclic) bond motifs is 3. The largest absolute Gasteiger partial charge is 0.341 e. The van der Waals surface area contributed by atoms with Crippen LogP contribution in [0.2, 0.25) is 0 Å². The van der Waals surface area contributed by atoms with E-state index in [2.05, 4.69) is 16.5 Å². The van der Waals surface area contributed by atoms with Crippen molar-refractivity contribution in [3.63, 3.8) is 0 Å². The zero-order valence-electron chi connectivity index (χ0n) is 13.9. The van der Waals surface area contributed by atoms with E-state index in [1.807, 2.05) is 54.5 Å². The lowest BCUT2D eigenvalue weighted by molar-refractivity contribution is -0.135. The maximum Gasteiger partial charge on any atom is 0.226 e. The molecule has 0 N–H and O–H groups in total. The topological polar surface area (TPSA) is 37.6 Å². The highest BCUT2D eigenvalue weighted by Crippen LogP contribution is 2.27. The third-order valence-corrected chi connectivity index (χ3v) is 4.87. The predicted octanol–water partition coefficient (Wildman–Crippen LogP) is 3.10. The second-order valence-electron chi connectivity index (χ2n) is 6.55. The molecule has 0 saturated carbocycles. The molecule has 0 bridgehead atoms. The molecule has 0 aliphatic heterocycles. The first-order valence-electron chi connectivity index (χ1n) is 8.46. The summed E-state index contributed by atoms with van der Waals surface area (Å²) in [6.07, 6.45) is 4.58. The Morgan fingerprint density at radius 2 is 2.00 bits per heavy atom. The Kier molecular flexibility index (Phi) is 3.81. The summed E-state index contributed by atoms with van der Waals surface area (Å²) in [5, 5.41) is 0. The zero-order valence-corrected chi connectivity index (χ0v) is 13.9. The summed E-state index contributed by atoms with van der Waals surface area (Å²) in [5.74, 6) is 0.279. The fraction of sp³-hybridized carbons (Fsp3) is 0.300. The molecule has 24 heavy (non-hydrogen) atoms. The minimum absolute atomic E-state index is 0.0475. The number of benzene rings is 1. The summed E-state index contributed by atoms with van der Waals surface area (Å²) in [4.78, 5) is 19.4. The molecule has 2 aromatic heterocycles. The molecule has 4 rings (SSSR count). The van der Waals surface area contributed by atoms with Crippen LogP contribution in [0.4, 0.5) is 0 Å². The monoisotopic (exact) mass is 319 g/mol. The van der Waals surface area contributed by atoms with Gasteiger partial charge in [-0.25, -0.2) is 4.98 Å². The average Bonchev–Trinajstić information content (AvgIpc) is 2.99. The Morgan fingerprint density at radius 1 is 1.21 bits per heavy atom. The molecule has 1 amide bonds. The molecule has 0 radical (unpaired) electrons. The lowest BCUT2D eigenvalue weighted by atomic mass is 9.88. The number of rotatable bonds is 3. The second kappa shape index (κ2) is 6.11. The molecular weight excluding hydrogens is 298 g/mol. The van der Waals surface area contributed by atoms with E-state index in [1.165, 1.54) is 11.3 Å². The SMILES string of the molecule is CN(Cc1ccccc1)C(=O)C1CCc2nc3ccccn3c2C1. The van der Waals surface area contributed by atoms with Crippen molar-refractivity contribution < 1.29 is 4.79 Å². The molecule has 3 aromatic rings. The predicted molar refractivity (Wildman–Crippen MR) is 93.6 cm³/mol. The minimum atomic E-state index is 0.0475. The Morgan fingerprint density at radius 3 is 2.83 bits per heavy atom. The molecule has 1 unspecified atom stereocenters. The van der Waals surface area contributed by atoms with E-state index in [9.17, 15) is 4.79 Å². The van der Waals surface area contributed by atoms with Crippen molar-refractivity contribution in [1.82, 2.24) is 14.3 Å². The van der Waals surface area contributed by atoms with Crippen LogP contribution in [0, 0.1) is 5.92 Å². The maximum absolute atomic E-state index is 12.9. The lowest BCUT2D eigenvalue weighted by Gasteiger charge is -2.26. The van der Waals surface area contributed by atoms with E-state index in [0.717, 1.165) is 30.6 Å². The Balaban J connectivity index is 1.52. The number of nitrogens with zero attached hydrogens (tertiary/aromatic N) is 3. The van der Waals surface area contributed by atoms with Gasteiger partial charge in [-0.15, -0.1) is 0 Å². The van der Waals surface area contributed by atoms with Crippen LogP contribution >= 0.6 is 0 Å². The summed E-state index contributed by atoms with van der Waals surface area (Å²) >= 11 is 0. The molecule has 4 nitrogen and oxygen atoms in total. The molecule has 1 aliphatic rings. The van der Waals surface area contributed by atoms with E-state index in [-0.39, 0.29) is 11.8 Å². The number of aryl methyl sites for hydroxylation is 1. The van der Waals surface area contributed by atoms with Crippen LogP contribution in [-0.2, 0) is 24.2 Å². The van der Waals surface area contributed by atoms with Crippen LogP contribution in [0.5, 0.6) is 0 Å². The third-order valence-electron chi connectivity index (χ3n) is 4.87. The van der Waals surface area contributed by atoms with E-state index < -0.39 is 0 Å². The molecule has 0 spiro atoms. The minimum Gasteiger partial charge on any atom is -0.341 e. The molecule has 122 valence electrons. The number of carbonyl (C=O) groups excluding carboxylic acids is 1. The highest BCUT2D eigenvalue weighted by molar-refractivity contribution is 5.79. The van der Waals surface area contributed by atoms with E-state index in [4.69, 9.17) is 4.98 Å². The van der Waals surface area contributed by atoms with Gasteiger partial charge >= 0.3 is 0 Å². The summed E-state index contributed by atoms with van der Waals surface area (Å²) in [7, 11) is 1.90. The average molecular weight is 319 g/mol. The van der Waals surface area contributed by atoms with Crippen molar-refractivity contribution >= 4 is 11.6 Å². The van der Waals surface area contributed by atoms with Crippen molar-refractivity contribution in [2.75, 3.05) is 7.05 Å². The molecule has 4 heteroatoms. The van der Waals surface area contributed by atoms with Gasteiger partial charge in [-0.05, 0) is 30.5 Å². The molecule has 1 atom stereocenters. The highest BCUT2D eigenvalue weighted by Gasteiger charge is 2.29. The summed E-state index contributed by atoms with van der Waals surface area (Å²) in [5.41, 5.74) is 4.49. The number of carbonyl (C=O) groups is 1. The van der Waals surface area contributed by atoms with Crippen LogP contribution in [0.1, 0.15) is 23.4 Å². The van der Waals surface area contributed by atoms with Gasteiger partial charge < -0.3 is 9.30 Å². The smallest absolute Gasteiger partial charge is 0.226 e. The second-order valence-corrected chi connectivity index (χ2v) is 6.55. The zero-order chi connectivity index (χ0) is 16.5. The summed E-state index contributed by atoms with van der Waals surface area (Å²) in [6, 6.07) is 16.2.